The van der Waals surface area contributed by atoms with Gasteiger partial charge in [-0.15, -0.1) is 0 Å². The molecule has 1 fully saturated rings. The summed E-state index contributed by atoms with van der Waals surface area (Å²) in [4.78, 5) is 12.9. The van der Waals surface area contributed by atoms with E-state index < -0.39 is 6.09 Å². The molecule has 2 atom stereocenters. The second-order valence-electron chi connectivity index (χ2n) is 6.55. The Kier molecular flexibility index (Phi) is 4.42. The van der Waals surface area contributed by atoms with E-state index in [4.69, 9.17) is 0 Å². The Balaban J connectivity index is 2.71. The summed E-state index contributed by atoms with van der Waals surface area (Å²) >= 11 is 0. The van der Waals surface area contributed by atoms with Crippen LogP contribution in [0.1, 0.15) is 41.0 Å². The van der Waals surface area contributed by atoms with Crippen LogP contribution in [0.15, 0.2) is 0 Å². The lowest BCUT2D eigenvalue weighted by Gasteiger charge is -2.44. The molecule has 0 aromatic heterocycles. The van der Waals surface area contributed by atoms with Gasteiger partial charge in [0.2, 0.25) is 0 Å². The van der Waals surface area contributed by atoms with E-state index in [0.717, 1.165) is 13.0 Å². The summed E-state index contributed by atoms with van der Waals surface area (Å²) in [5.41, 5.74) is 0.0938. The number of nitrogens with one attached hydrogen (secondary N) is 1. The zero-order chi connectivity index (χ0) is 13.2. The van der Waals surface area contributed by atoms with Crippen molar-refractivity contribution in [1.82, 2.24) is 10.2 Å². The van der Waals surface area contributed by atoms with Gasteiger partial charge in [0.25, 0.3) is 0 Å². The number of nitrogens with zero attached hydrogens (tertiary/aromatic N) is 1. The van der Waals surface area contributed by atoms with Crippen LogP contribution >= 0.6 is 0 Å². The summed E-state index contributed by atoms with van der Waals surface area (Å²) in [6.45, 7) is 12.1. The third kappa shape index (κ3) is 3.87. The Hall–Kier alpha value is -0.770. The molecule has 1 amide bonds. The van der Waals surface area contributed by atoms with E-state index in [1.54, 1.807) is 4.90 Å². The normalized spacial score (nSPS) is 26.4. The van der Waals surface area contributed by atoms with Gasteiger partial charge in [0, 0.05) is 25.2 Å². The summed E-state index contributed by atoms with van der Waals surface area (Å²) in [7, 11) is 0. The fraction of sp³-hybridized carbons (Fsp3) is 0.923. The molecular weight excluding hydrogens is 216 g/mol. The second-order valence-corrected chi connectivity index (χ2v) is 6.55. The van der Waals surface area contributed by atoms with Crippen LogP contribution in [-0.2, 0) is 0 Å². The van der Waals surface area contributed by atoms with Crippen LogP contribution in [0.3, 0.4) is 0 Å². The molecule has 1 heterocycles. The quantitative estimate of drug-likeness (QED) is 0.782. The Morgan fingerprint density at radius 2 is 2.06 bits per heavy atom. The molecule has 0 aromatic carbocycles. The van der Waals surface area contributed by atoms with Gasteiger partial charge in [-0.25, -0.2) is 4.79 Å². The highest BCUT2D eigenvalue weighted by molar-refractivity contribution is 5.65. The number of rotatable bonds is 2. The molecule has 17 heavy (non-hydrogen) atoms. The van der Waals surface area contributed by atoms with Crippen molar-refractivity contribution in [2.45, 2.75) is 53.1 Å². The molecule has 1 aliphatic heterocycles. The van der Waals surface area contributed by atoms with Crippen molar-refractivity contribution in [3.63, 3.8) is 0 Å². The van der Waals surface area contributed by atoms with Crippen LogP contribution in [-0.4, -0.2) is 41.3 Å². The molecule has 2 unspecified atom stereocenters. The lowest BCUT2D eigenvalue weighted by atomic mass is 9.84. The van der Waals surface area contributed by atoms with Crippen LogP contribution in [0.4, 0.5) is 4.79 Å². The molecule has 4 heteroatoms. The minimum Gasteiger partial charge on any atom is -0.465 e. The first kappa shape index (κ1) is 14.3. The maximum absolute atomic E-state index is 11.3. The van der Waals surface area contributed by atoms with Gasteiger partial charge in [-0.3, -0.25) is 0 Å². The molecule has 1 saturated heterocycles. The zero-order valence-electron chi connectivity index (χ0n) is 11.7. The molecule has 2 N–H and O–H groups in total. The summed E-state index contributed by atoms with van der Waals surface area (Å²) in [5.74, 6) is 0.523. The molecule has 4 nitrogen and oxygen atoms in total. The number of hydrogen-bond donors (Lipinski definition) is 2. The van der Waals surface area contributed by atoms with Crippen molar-refractivity contribution >= 4 is 6.09 Å². The van der Waals surface area contributed by atoms with Crippen molar-refractivity contribution in [2.75, 3.05) is 13.1 Å². The number of amides is 1. The summed E-state index contributed by atoms with van der Waals surface area (Å²) < 4.78 is 0. The van der Waals surface area contributed by atoms with E-state index in [0.29, 0.717) is 12.5 Å². The van der Waals surface area contributed by atoms with Crippen LogP contribution < -0.4 is 5.32 Å². The summed E-state index contributed by atoms with van der Waals surface area (Å²) in [6.07, 6.45) is 0.141. The highest BCUT2D eigenvalue weighted by atomic mass is 16.4. The van der Waals surface area contributed by atoms with Crippen LogP contribution in [0, 0.1) is 11.3 Å². The summed E-state index contributed by atoms with van der Waals surface area (Å²) in [5, 5.41) is 12.8. The minimum atomic E-state index is -0.786. The van der Waals surface area contributed by atoms with Gasteiger partial charge < -0.3 is 15.3 Å². The fourth-order valence-corrected chi connectivity index (χ4v) is 2.37. The SMILES string of the molecule is CC(C)CC1CNC(C(C)(C)C)CN1C(=O)O. The van der Waals surface area contributed by atoms with Crippen molar-refractivity contribution in [1.29, 1.82) is 0 Å². The maximum Gasteiger partial charge on any atom is 0.407 e. The first-order valence-electron chi connectivity index (χ1n) is 6.44. The second kappa shape index (κ2) is 5.25. The average Bonchev–Trinajstić information content (AvgIpc) is 2.15. The van der Waals surface area contributed by atoms with Gasteiger partial charge >= 0.3 is 6.09 Å². The van der Waals surface area contributed by atoms with E-state index in [-0.39, 0.29) is 17.5 Å². The van der Waals surface area contributed by atoms with E-state index in [1.807, 2.05) is 0 Å². The van der Waals surface area contributed by atoms with Crippen LogP contribution in [0.5, 0.6) is 0 Å². The van der Waals surface area contributed by atoms with Gasteiger partial charge in [0.15, 0.2) is 0 Å². The third-order valence-corrected chi connectivity index (χ3v) is 3.45. The largest absolute Gasteiger partial charge is 0.465 e. The predicted molar refractivity (Wildman–Crippen MR) is 69.2 cm³/mol. The Bertz CT molecular complexity index is 271. The molecule has 100 valence electrons. The number of piperazine rings is 1. The third-order valence-electron chi connectivity index (χ3n) is 3.45. The standard InChI is InChI=1S/C13H26N2O2/c1-9(2)6-10-7-14-11(13(3,4)5)8-15(10)12(16)17/h9-11,14H,6-8H2,1-5H3,(H,16,17). The molecular formula is C13H26N2O2. The van der Waals surface area contributed by atoms with Crippen LogP contribution in [0.2, 0.25) is 0 Å². The smallest absolute Gasteiger partial charge is 0.407 e. The van der Waals surface area contributed by atoms with Crippen molar-refractivity contribution in [3.8, 4) is 0 Å². The lowest BCUT2D eigenvalue weighted by Crippen LogP contribution is -2.61. The van der Waals surface area contributed by atoms with E-state index >= 15 is 0 Å². The molecule has 0 spiro atoms. The van der Waals surface area contributed by atoms with Crippen molar-refractivity contribution in [3.05, 3.63) is 0 Å². The Morgan fingerprint density at radius 3 is 2.47 bits per heavy atom. The topological polar surface area (TPSA) is 52.6 Å². The number of carbonyl (C=O) groups is 1. The molecule has 0 saturated carbocycles. The monoisotopic (exact) mass is 242 g/mol. The maximum atomic E-state index is 11.3. The van der Waals surface area contributed by atoms with Gasteiger partial charge in [-0.1, -0.05) is 34.6 Å². The summed E-state index contributed by atoms with van der Waals surface area (Å²) in [6, 6.07) is 0.355. The number of carboxylic acid groups (broad SMARTS) is 1. The Labute approximate surface area is 104 Å². The Morgan fingerprint density at radius 1 is 1.47 bits per heavy atom. The first-order valence-corrected chi connectivity index (χ1v) is 6.44. The average molecular weight is 242 g/mol. The molecule has 1 aliphatic rings. The molecule has 0 bridgehead atoms. The number of hydrogen-bond acceptors (Lipinski definition) is 2. The van der Waals surface area contributed by atoms with Gasteiger partial charge in [-0.05, 0) is 17.8 Å². The molecule has 0 aromatic rings. The molecule has 0 radical (unpaired) electrons. The zero-order valence-corrected chi connectivity index (χ0v) is 11.7. The van der Waals surface area contributed by atoms with Gasteiger partial charge in [0.1, 0.15) is 0 Å². The van der Waals surface area contributed by atoms with Crippen molar-refractivity contribution < 1.29 is 9.90 Å². The van der Waals surface area contributed by atoms with Gasteiger partial charge in [0.05, 0.1) is 0 Å². The van der Waals surface area contributed by atoms with Crippen molar-refractivity contribution in [2.24, 2.45) is 11.3 Å². The van der Waals surface area contributed by atoms with Crippen LogP contribution in [0.25, 0.3) is 0 Å². The van der Waals surface area contributed by atoms with E-state index in [9.17, 15) is 9.90 Å². The van der Waals surface area contributed by atoms with Gasteiger partial charge in [-0.2, -0.15) is 0 Å². The minimum absolute atomic E-state index is 0.0938. The fourth-order valence-electron chi connectivity index (χ4n) is 2.37. The highest BCUT2D eigenvalue weighted by Gasteiger charge is 2.36. The first-order chi connectivity index (χ1) is 7.71. The lowest BCUT2D eigenvalue weighted by molar-refractivity contribution is 0.0682. The molecule has 0 aliphatic carbocycles. The highest BCUT2D eigenvalue weighted by Crippen LogP contribution is 2.25. The van der Waals surface area contributed by atoms with E-state index in [2.05, 4.69) is 39.9 Å². The predicted octanol–water partition coefficient (Wildman–Crippen LogP) is 2.40. The van der Waals surface area contributed by atoms with E-state index in [1.165, 1.54) is 0 Å². The molecule has 1 rings (SSSR count).